The van der Waals surface area contributed by atoms with Gasteiger partial charge in [-0.1, -0.05) is 13.8 Å². The van der Waals surface area contributed by atoms with Gasteiger partial charge in [-0.05, 0) is 53.1 Å². The molecular weight excluding hydrogens is 371 g/mol. The van der Waals surface area contributed by atoms with Crippen LogP contribution in [0.4, 0.5) is 5.69 Å². The van der Waals surface area contributed by atoms with Gasteiger partial charge in [0.15, 0.2) is 6.61 Å². The van der Waals surface area contributed by atoms with Crippen LogP contribution in [0.3, 0.4) is 0 Å². The monoisotopic (exact) mass is 390 g/mol. The second-order valence-corrected chi connectivity index (χ2v) is 6.09. The van der Waals surface area contributed by atoms with Gasteiger partial charge in [-0.15, -0.1) is 0 Å². The first-order chi connectivity index (χ1) is 9.40. The normalized spacial score (nSPS) is 10.4. The number of nitrogens with one attached hydrogen (secondary N) is 1. The van der Waals surface area contributed by atoms with E-state index >= 15 is 0 Å². The molecule has 0 aliphatic rings. The molecule has 1 amide bonds. The summed E-state index contributed by atoms with van der Waals surface area (Å²) in [5.74, 6) is -0.368. The van der Waals surface area contributed by atoms with E-state index in [0.29, 0.717) is 18.2 Å². The van der Waals surface area contributed by atoms with E-state index in [1.165, 1.54) is 0 Å². The van der Waals surface area contributed by atoms with Gasteiger partial charge in [0.1, 0.15) is 0 Å². The van der Waals surface area contributed by atoms with Gasteiger partial charge >= 0.3 is 5.97 Å². The van der Waals surface area contributed by atoms with E-state index in [4.69, 9.17) is 10.5 Å². The molecule has 3 N–H and O–H groups in total. The molecule has 1 aromatic rings. The molecule has 0 heterocycles. The molecule has 20 heavy (non-hydrogen) atoms. The summed E-state index contributed by atoms with van der Waals surface area (Å²) in [5, 5.41) is 2.70. The third kappa shape index (κ3) is 5.77. The number of anilines is 1. The molecule has 0 bridgehead atoms. The molecule has 0 atom stereocenters. The fourth-order valence-electron chi connectivity index (χ4n) is 1.47. The molecule has 110 valence electrons. The van der Waals surface area contributed by atoms with Crippen molar-refractivity contribution < 1.29 is 14.3 Å². The van der Waals surface area contributed by atoms with E-state index < -0.39 is 5.97 Å². The van der Waals surface area contributed by atoms with Gasteiger partial charge in [0.05, 0.1) is 5.56 Å². The van der Waals surface area contributed by atoms with Gasteiger partial charge < -0.3 is 15.8 Å². The molecule has 0 fully saturated rings. The highest BCUT2D eigenvalue weighted by molar-refractivity contribution is 14.1. The minimum atomic E-state index is -0.583. The van der Waals surface area contributed by atoms with Crippen molar-refractivity contribution in [1.29, 1.82) is 0 Å². The molecular formula is C14H19IN2O3. The van der Waals surface area contributed by atoms with Crippen molar-refractivity contribution in [2.45, 2.75) is 20.3 Å². The minimum Gasteiger partial charge on any atom is -0.452 e. The number of hydrogen-bond donors (Lipinski definition) is 2. The molecule has 6 heteroatoms. The third-order valence-corrected chi connectivity index (χ3v) is 3.28. The van der Waals surface area contributed by atoms with Crippen LogP contribution >= 0.6 is 22.6 Å². The molecule has 0 unspecified atom stereocenters. The maximum atomic E-state index is 11.8. The predicted molar refractivity (Wildman–Crippen MR) is 86.3 cm³/mol. The fraction of sp³-hybridized carbons (Fsp3) is 0.429. The Morgan fingerprint density at radius 1 is 1.40 bits per heavy atom. The molecule has 0 aliphatic carbocycles. The van der Waals surface area contributed by atoms with Gasteiger partial charge in [0.25, 0.3) is 5.91 Å². The molecule has 1 rings (SSSR count). The highest BCUT2D eigenvalue weighted by atomic mass is 127. The van der Waals surface area contributed by atoms with Crippen LogP contribution in [-0.2, 0) is 9.53 Å². The summed E-state index contributed by atoms with van der Waals surface area (Å²) >= 11 is 2.08. The number of rotatable bonds is 6. The summed E-state index contributed by atoms with van der Waals surface area (Å²) in [5.41, 5.74) is 6.33. The smallest absolute Gasteiger partial charge is 0.340 e. The third-order valence-electron chi connectivity index (χ3n) is 2.61. The number of ether oxygens (including phenoxy) is 1. The van der Waals surface area contributed by atoms with Crippen LogP contribution in [0.2, 0.25) is 0 Å². The van der Waals surface area contributed by atoms with Crippen LogP contribution in [-0.4, -0.2) is 25.0 Å². The second-order valence-electron chi connectivity index (χ2n) is 4.84. The zero-order chi connectivity index (χ0) is 15.1. The quantitative estimate of drug-likeness (QED) is 0.443. The predicted octanol–water partition coefficient (Wildman–Crippen LogP) is 2.19. The van der Waals surface area contributed by atoms with Crippen molar-refractivity contribution in [3.05, 3.63) is 27.3 Å². The fourth-order valence-corrected chi connectivity index (χ4v) is 1.96. The van der Waals surface area contributed by atoms with Crippen LogP contribution in [0, 0.1) is 9.49 Å². The number of esters is 1. The van der Waals surface area contributed by atoms with Gasteiger partial charge in [-0.25, -0.2) is 4.79 Å². The summed E-state index contributed by atoms with van der Waals surface area (Å²) in [6.45, 7) is 4.44. The molecule has 0 aliphatic heterocycles. The molecule has 0 saturated carbocycles. The zero-order valence-electron chi connectivity index (χ0n) is 11.6. The lowest BCUT2D eigenvalue weighted by Gasteiger charge is -2.09. The zero-order valence-corrected chi connectivity index (χ0v) is 13.8. The Kier molecular flexibility index (Phi) is 6.77. The molecule has 0 radical (unpaired) electrons. The maximum Gasteiger partial charge on any atom is 0.340 e. The Morgan fingerprint density at radius 3 is 2.75 bits per heavy atom. The SMILES string of the molecule is CC(C)CCNC(=O)COC(=O)c1cc(I)ccc1N. The van der Waals surface area contributed by atoms with Crippen LogP contribution in [0.25, 0.3) is 0 Å². The lowest BCUT2D eigenvalue weighted by atomic mass is 10.1. The first-order valence-corrected chi connectivity index (χ1v) is 7.47. The first kappa shape index (κ1) is 16.7. The van der Waals surface area contributed by atoms with E-state index in [-0.39, 0.29) is 18.1 Å². The number of nitrogen functional groups attached to an aromatic ring is 1. The van der Waals surface area contributed by atoms with Crippen molar-refractivity contribution in [3.63, 3.8) is 0 Å². The van der Waals surface area contributed by atoms with E-state index in [1.54, 1.807) is 18.2 Å². The van der Waals surface area contributed by atoms with Gasteiger partial charge in [0.2, 0.25) is 0 Å². The first-order valence-electron chi connectivity index (χ1n) is 6.39. The van der Waals surface area contributed by atoms with E-state index in [1.807, 2.05) is 0 Å². The molecule has 1 aromatic carbocycles. The Hall–Kier alpha value is -1.31. The second kappa shape index (κ2) is 8.08. The summed E-state index contributed by atoms with van der Waals surface area (Å²) in [6, 6.07) is 5.07. The van der Waals surface area contributed by atoms with Gasteiger partial charge in [0, 0.05) is 15.8 Å². The summed E-state index contributed by atoms with van der Waals surface area (Å²) in [4.78, 5) is 23.3. The molecule has 0 spiro atoms. The van der Waals surface area contributed by atoms with E-state index in [0.717, 1.165) is 9.99 Å². The number of carbonyl (C=O) groups is 2. The molecule has 0 aromatic heterocycles. The van der Waals surface area contributed by atoms with Gasteiger partial charge in [-0.3, -0.25) is 4.79 Å². The van der Waals surface area contributed by atoms with Crippen LogP contribution in [0.1, 0.15) is 30.6 Å². The average molecular weight is 390 g/mol. The number of amides is 1. The van der Waals surface area contributed by atoms with Crippen molar-refractivity contribution in [2.75, 3.05) is 18.9 Å². The summed E-state index contributed by atoms with van der Waals surface area (Å²) < 4.78 is 5.83. The number of benzene rings is 1. The van der Waals surface area contributed by atoms with Gasteiger partial charge in [-0.2, -0.15) is 0 Å². The minimum absolute atomic E-state index is 0.284. The Labute approximate surface area is 132 Å². The highest BCUT2D eigenvalue weighted by Crippen LogP contribution is 2.16. The Balaban J connectivity index is 2.43. The van der Waals surface area contributed by atoms with Crippen LogP contribution < -0.4 is 11.1 Å². The molecule has 0 saturated heterocycles. The Bertz CT molecular complexity index is 489. The van der Waals surface area contributed by atoms with Crippen molar-refractivity contribution in [1.82, 2.24) is 5.32 Å². The van der Waals surface area contributed by atoms with Crippen molar-refractivity contribution in [2.24, 2.45) is 5.92 Å². The molecule has 5 nitrogen and oxygen atoms in total. The lowest BCUT2D eigenvalue weighted by Crippen LogP contribution is -2.30. The van der Waals surface area contributed by atoms with E-state index in [2.05, 4.69) is 41.8 Å². The number of carbonyl (C=O) groups excluding carboxylic acids is 2. The van der Waals surface area contributed by atoms with Crippen molar-refractivity contribution >= 4 is 40.2 Å². The number of hydrogen-bond acceptors (Lipinski definition) is 4. The Morgan fingerprint density at radius 2 is 2.10 bits per heavy atom. The standard InChI is InChI=1S/C14H19IN2O3/c1-9(2)5-6-17-13(18)8-20-14(19)11-7-10(15)3-4-12(11)16/h3-4,7,9H,5-6,8,16H2,1-2H3,(H,17,18). The van der Waals surface area contributed by atoms with E-state index in [9.17, 15) is 9.59 Å². The largest absolute Gasteiger partial charge is 0.452 e. The topological polar surface area (TPSA) is 81.4 Å². The maximum absolute atomic E-state index is 11.8. The summed E-state index contributed by atoms with van der Waals surface area (Å²) in [7, 11) is 0. The summed E-state index contributed by atoms with van der Waals surface area (Å²) in [6.07, 6.45) is 0.892. The average Bonchev–Trinajstić information content (AvgIpc) is 2.38. The number of halogens is 1. The highest BCUT2D eigenvalue weighted by Gasteiger charge is 2.13. The van der Waals surface area contributed by atoms with Crippen LogP contribution in [0.5, 0.6) is 0 Å². The number of nitrogens with two attached hydrogens (primary N) is 1. The lowest BCUT2D eigenvalue weighted by molar-refractivity contribution is -0.124. The van der Waals surface area contributed by atoms with Crippen LogP contribution in [0.15, 0.2) is 18.2 Å². The van der Waals surface area contributed by atoms with Crippen molar-refractivity contribution in [3.8, 4) is 0 Å².